The van der Waals surface area contributed by atoms with Crippen molar-refractivity contribution < 1.29 is 14.6 Å². The van der Waals surface area contributed by atoms with E-state index in [2.05, 4.69) is 0 Å². The lowest BCUT2D eigenvalue weighted by Crippen LogP contribution is -2.15. The number of nitrogens with two attached hydrogens (primary N) is 1. The van der Waals surface area contributed by atoms with Gasteiger partial charge in [-0.05, 0) is 6.07 Å². The van der Waals surface area contributed by atoms with Crippen molar-refractivity contribution in [1.82, 2.24) is 0 Å². The van der Waals surface area contributed by atoms with E-state index < -0.39 is 11.9 Å². The summed E-state index contributed by atoms with van der Waals surface area (Å²) in [5, 5.41) is 17.5. The van der Waals surface area contributed by atoms with Crippen molar-refractivity contribution in [2.75, 3.05) is 6.61 Å². The predicted octanol–water partition coefficient (Wildman–Crippen LogP) is 0.523. The Labute approximate surface area is 69.3 Å². The van der Waals surface area contributed by atoms with Crippen LogP contribution in [-0.4, -0.2) is 16.8 Å². The Morgan fingerprint density at radius 2 is 2.17 bits per heavy atom. The number of aliphatic hydroxyl groups excluding tert-OH is 1. The van der Waals surface area contributed by atoms with Crippen molar-refractivity contribution in [3.05, 3.63) is 29.6 Å². The molecule has 12 heavy (non-hydrogen) atoms. The molecule has 1 rings (SSSR count). The highest BCUT2D eigenvalue weighted by molar-refractivity contribution is 5.29. The first-order valence-electron chi connectivity index (χ1n) is 3.50. The van der Waals surface area contributed by atoms with Gasteiger partial charge in [0.05, 0.1) is 12.6 Å². The molecule has 0 spiro atoms. The summed E-state index contributed by atoms with van der Waals surface area (Å²) in [6, 6.07) is 2.91. The van der Waals surface area contributed by atoms with E-state index in [9.17, 15) is 4.39 Å². The molecule has 1 aromatic carbocycles. The fraction of sp³-hybridized carbons (Fsp3) is 0.250. The zero-order valence-corrected chi connectivity index (χ0v) is 6.37. The average Bonchev–Trinajstić information content (AvgIpc) is 2.03. The average molecular weight is 171 g/mol. The lowest BCUT2D eigenvalue weighted by molar-refractivity contribution is 0.265. The molecule has 0 amide bonds. The minimum Gasteiger partial charge on any atom is -0.508 e. The molecule has 1 atom stereocenters. The van der Waals surface area contributed by atoms with Crippen molar-refractivity contribution in [3.63, 3.8) is 0 Å². The van der Waals surface area contributed by atoms with Crippen LogP contribution in [-0.2, 0) is 0 Å². The monoisotopic (exact) mass is 171 g/mol. The number of hydrogen-bond acceptors (Lipinski definition) is 3. The smallest absolute Gasteiger partial charge is 0.131 e. The van der Waals surface area contributed by atoms with Gasteiger partial charge in [-0.25, -0.2) is 4.39 Å². The number of aromatic hydroxyl groups is 1. The van der Waals surface area contributed by atoms with E-state index in [0.717, 1.165) is 6.07 Å². The van der Waals surface area contributed by atoms with E-state index in [1.807, 2.05) is 0 Å². The molecule has 4 heteroatoms. The van der Waals surface area contributed by atoms with Crippen molar-refractivity contribution in [2.45, 2.75) is 6.04 Å². The van der Waals surface area contributed by atoms with Gasteiger partial charge in [-0.15, -0.1) is 0 Å². The molecule has 0 aromatic heterocycles. The van der Waals surface area contributed by atoms with Crippen LogP contribution in [0.2, 0.25) is 0 Å². The van der Waals surface area contributed by atoms with E-state index in [1.165, 1.54) is 12.1 Å². The SMILES string of the molecule is N[C@@H](CO)c1ccc(O)cc1F. The van der Waals surface area contributed by atoms with E-state index in [-0.39, 0.29) is 17.9 Å². The number of benzene rings is 1. The number of phenols is 1. The summed E-state index contributed by atoms with van der Waals surface area (Å²) in [6.45, 7) is -0.318. The Kier molecular flexibility index (Phi) is 2.62. The lowest BCUT2D eigenvalue weighted by atomic mass is 10.1. The van der Waals surface area contributed by atoms with Crippen LogP contribution < -0.4 is 5.73 Å². The number of rotatable bonds is 2. The maximum Gasteiger partial charge on any atom is 0.131 e. The second kappa shape index (κ2) is 3.51. The Bertz CT molecular complexity index is 278. The van der Waals surface area contributed by atoms with E-state index in [0.29, 0.717) is 0 Å². The molecule has 3 nitrogen and oxygen atoms in total. The van der Waals surface area contributed by atoms with Gasteiger partial charge >= 0.3 is 0 Å². The van der Waals surface area contributed by atoms with Gasteiger partial charge in [0.15, 0.2) is 0 Å². The molecule has 0 saturated carbocycles. The van der Waals surface area contributed by atoms with Crippen molar-refractivity contribution in [3.8, 4) is 5.75 Å². The van der Waals surface area contributed by atoms with E-state index in [4.69, 9.17) is 15.9 Å². The summed E-state index contributed by atoms with van der Waals surface area (Å²) in [4.78, 5) is 0. The standard InChI is InChI=1S/C8H10FNO2/c9-7-3-5(12)1-2-6(7)8(10)4-11/h1-3,8,11-12H,4,10H2/t8-/m0/s1. The Morgan fingerprint density at radius 1 is 1.50 bits per heavy atom. The zero-order chi connectivity index (χ0) is 9.14. The topological polar surface area (TPSA) is 66.5 Å². The summed E-state index contributed by atoms with van der Waals surface area (Å²) in [5.74, 6) is -0.752. The summed E-state index contributed by atoms with van der Waals surface area (Å²) in [6.07, 6.45) is 0. The summed E-state index contributed by atoms with van der Waals surface area (Å²) < 4.78 is 12.9. The quantitative estimate of drug-likeness (QED) is 0.607. The van der Waals surface area contributed by atoms with Crippen LogP contribution in [0.25, 0.3) is 0 Å². The first-order chi connectivity index (χ1) is 5.65. The molecule has 66 valence electrons. The van der Waals surface area contributed by atoms with Crippen LogP contribution in [0, 0.1) is 5.82 Å². The highest BCUT2D eigenvalue weighted by Gasteiger charge is 2.09. The maximum atomic E-state index is 12.9. The number of aliphatic hydroxyl groups is 1. The van der Waals surface area contributed by atoms with Crippen LogP contribution in [0.3, 0.4) is 0 Å². The third-order valence-corrected chi connectivity index (χ3v) is 1.58. The van der Waals surface area contributed by atoms with Crippen molar-refractivity contribution in [2.24, 2.45) is 5.73 Å². The third kappa shape index (κ3) is 1.72. The fourth-order valence-electron chi connectivity index (χ4n) is 0.915. The Hall–Kier alpha value is -1.13. The minimum atomic E-state index is -0.731. The van der Waals surface area contributed by atoms with Crippen molar-refractivity contribution >= 4 is 0 Å². The van der Waals surface area contributed by atoms with Gasteiger partial charge < -0.3 is 15.9 Å². The molecule has 0 radical (unpaired) electrons. The molecule has 0 bridgehead atoms. The molecule has 4 N–H and O–H groups in total. The first kappa shape index (κ1) is 8.96. The first-order valence-corrected chi connectivity index (χ1v) is 3.50. The van der Waals surface area contributed by atoms with Gasteiger partial charge in [-0.1, -0.05) is 6.07 Å². The Balaban J connectivity index is 3.01. The fourth-order valence-corrected chi connectivity index (χ4v) is 0.915. The number of phenolic OH excluding ortho intramolecular Hbond substituents is 1. The molecule has 0 aliphatic rings. The van der Waals surface area contributed by atoms with Crippen LogP contribution in [0.15, 0.2) is 18.2 Å². The van der Waals surface area contributed by atoms with Gasteiger partial charge in [0.25, 0.3) is 0 Å². The van der Waals surface area contributed by atoms with Crippen LogP contribution in [0.1, 0.15) is 11.6 Å². The van der Waals surface area contributed by atoms with Crippen LogP contribution in [0.5, 0.6) is 5.75 Å². The lowest BCUT2D eigenvalue weighted by Gasteiger charge is -2.09. The summed E-state index contributed by atoms with van der Waals surface area (Å²) in [7, 11) is 0. The highest BCUT2D eigenvalue weighted by atomic mass is 19.1. The third-order valence-electron chi connectivity index (χ3n) is 1.58. The summed E-state index contributed by atoms with van der Waals surface area (Å²) in [5.41, 5.74) is 5.58. The van der Waals surface area contributed by atoms with Gasteiger partial charge in [-0.2, -0.15) is 0 Å². The Morgan fingerprint density at radius 3 is 2.67 bits per heavy atom. The second-order valence-corrected chi connectivity index (χ2v) is 2.49. The summed E-state index contributed by atoms with van der Waals surface area (Å²) >= 11 is 0. The molecule has 0 aliphatic carbocycles. The van der Waals surface area contributed by atoms with E-state index in [1.54, 1.807) is 0 Å². The molecule has 1 aromatic rings. The number of halogens is 1. The highest BCUT2D eigenvalue weighted by Crippen LogP contribution is 2.19. The largest absolute Gasteiger partial charge is 0.508 e. The van der Waals surface area contributed by atoms with Crippen LogP contribution in [0.4, 0.5) is 4.39 Å². The molecule has 0 heterocycles. The second-order valence-electron chi connectivity index (χ2n) is 2.49. The molecular weight excluding hydrogens is 161 g/mol. The molecular formula is C8H10FNO2. The molecule has 0 saturated heterocycles. The van der Waals surface area contributed by atoms with Gasteiger partial charge in [-0.3, -0.25) is 0 Å². The van der Waals surface area contributed by atoms with Crippen LogP contribution >= 0.6 is 0 Å². The molecule has 0 aliphatic heterocycles. The van der Waals surface area contributed by atoms with Gasteiger partial charge in [0.1, 0.15) is 11.6 Å². The maximum absolute atomic E-state index is 12.9. The zero-order valence-electron chi connectivity index (χ0n) is 6.37. The number of hydrogen-bond donors (Lipinski definition) is 3. The van der Waals surface area contributed by atoms with E-state index >= 15 is 0 Å². The minimum absolute atomic E-state index is 0.151. The van der Waals surface area contributed by atoms with Crippen molar-refractivity contribution in [1.29, 1.82) is 0 Å². The molecule has 0 unspecified atom stereocenters. The molecule has 0 fully saturated rings. The predicted molar refractivity (Wildman–Crippen MR) is 42.1 cm³/mol. The normalized spacial score (nSPS) is 12.9. The van der Waals surface area contributed by atoms with Gasteiger partial charge in [0, 0.05) is 11.6 Å². The van der Waals surface area contributed by atoms with Gasteiger partial charge in [0.2, 0.25) is 0 Å².